The van der Waals surface area contributed by atoms with Gasteiger partial charge in [-0.15, -0.1) is 0 Å². The molecule has 0 aromatic heterocycles. The summed E-state index contributed by atoms with van der Waals surface area (Å²) in [6, 6.07) is 0. The molecule has 0 rings (SSSR count). The first kappa shape index (κ1) is 64.4. The van der Waals surface area contributed by atoms with Crippen LogP contribution in [0.25, 0.3) is 0 Å². The topological polar surface area (TPSA) is 78.9 Å². The molecule has 0 aliphatic carbocycles. The van der Waals surface area contributed by atoms with E-state index in [0.29, 0.717) is 19.3 Å². The van der Waals surface area contributed by atoms with Crippen LogP contribution in [0.1, 0.15) is 336 Å². The van der Waals surface area contributed by atoms with E-state index in [1.165, 1.54) is 225 Å². The number of esters is 3. The van der Waals surface area contributed by atoms with Crippen LogP contribution < -0.4 is 0 Å². The Bertz CT molecular complexity index is 1010. The molecule has 392 valence electrons. The Morgan fingerprint density at radius 2 is 0.500 bits per heavy atom. The molecule has 6 nitrogen and oxygen atoms in total. The van der Waals surface area contributed by atoms with Crippen molar-refractivity contribution in [3.63, 3.8) is 0 Å². The van der Waals surface area contributed by atoms with Crippen LogP contribution in [0, 0.1) is 11.8 Å². The van der Waals surface area contributed by atoms with Gasteiger partial charge in [0.05, 0.1) is 0 Å². The van der Waals surface area contributed by atoms with Crippen LogP contribution in [0.5, 0.6) is 0 Å². The maximum Gasteiger partial charge on any atom is 0.306 e. The Kier molecular flexibility index (Phi) is 51.5. The monoisotopic (exact) mass is 933 g/mol. The number of carbonyl (C=O) groups excluding carboxylic acids is 3. The molecule has 0 amide bonds. The van der Waals surface area contributed by atoms with Crippen LogP contribution in [-0.4, -0.2) is 37.2 Å². The standard InChI is InChI=1S/C60H116O6/c1-6-7-8-9-10-11-12-13-14-17-21-26-32-37-42-47-52-60(63)66-57(54-65-59(62)51-46-41-36-31-27-22-24-29-34-39-44-49-56(4)5)53-64-58(61)50-45-40-35-30-25-20-18-15-16-19-23-28-33-38-43-48-55(2)3/h55-57H,6-54H2,1-5H3/t57-/m0/s1. The Morgan fingerprint density at radius 1 is 0.288 bits per heavy atom. The smallest absolute Gasteiger partial charge is 0.306 e. The summed E-state index contributed by atoms with van der Waals surface area (Å²) in [6.07, 6.45) is 56.6. The Labute approximate surface area is 412 Å². The van der Waals surface area contributed by atoms with Crippen LogP contribution in [0.15, 0.2) is 0 Å². The van der Waals surface area contributed by atoms with Crippen molar-refractivity contribution in [3.8, 4) is 0 Å². The lowest BCUT2D eigenvalue weighted by atomic mass is 10.0. The lowest BCUT2D eigenvalue weighted by Crippen LogP contribution is -2.30. The molecule has 0 aromatic rings. The van der Waals surface area contributed by atoms with Gasteiger partial charge in [0, 0.05) is 19.3 Å². The summed E-state index contributed by atoms with van der Waals surface area (Å²) in [5, 5.41) is 0. The lowest BCUT2D eigenvalue weighted by Gasteiger charge is -2.18. The van der Waals surface area contributed by atoms with Crippen molar-refractivity contribution in [2.75, 3.05) is 13.2 Å². The normalized spacial score (nSPS) is 12.0. The second-order valence-corrected chi connectivity index (χ2v) is 21.6. The molecule has 0 heterocycles. The third kappa shape index (κ3) is 53.4. The van der Waals surface area contributed by atoms with E-state index < -0.39 is 6.10 Å². The van der Waals surface area contributed by atoms with E-state index in [1.54, 1.807) is 0 Å². The van der Waals surface area contributed by atoms with Gasteiger partial charge in [0.25, 0.3) is 0 Å². The molecule has 0 fully saturated rings. The zero-order chi connectivity index (χ0) is 48.2. The number of hydrogen-bond acceptors (Lipinski definition) is 6. The van der Waals surface area contributed by atoms with Crippen molar-refractivity contribution < 1.29 is 28.6 Å². The summed E-state index contributed by atoms with van der Waals surface area (Å²) < 4.78 is 16.9. The summed E-state index contributed by atoms with van der Waals surface area (Å²) in [7, 11) is 0. The Hall–Kier alpha value is -1.59. The quantitative estimate of drug-likeness (QED) is 0.0343. The molecule has 0 spiro atoms. The van der Waals surface area contributed by atoms with Gasteiger partial charge in [-0.05, 0) is 31.1 Å². The lowest BCUT2D eigenvalue weighted by molar-refractivity contribution is -0.167. The summed E-state index contributed by atoms with van der Waals surface area (Å²) in [5.74, 6) is 0.839. The van der Waals surface area contributed by atoms with E-state index >= 15 is 0 Å². The zero-order valence-electron chi connectivity index (χ0n) is 45.3. The first-order valence-electron chi connectivity index (χ1n) is 29.7. The van der Waals surface area contributed by atoms with Crippen molar-refractivity contribution in [1.29, 1.82) is 0 Å². The van der Waals surface area contributed by atoms with E-state index in [-0.39, 0.29) is 31.1 Å². The molecule has 0 aromatic carbocycles. The van der Waals surface area contributed by atoms with Crippen LogP contribution in [0.2, 0.25) is 0 Å². The highest BCUT2D eigenvalue weighted by Gasteiger charge is 2.19. The number of carbonyl (C=O) groups is 3. The molecule has 0 saturated heterocycles. The van der Waals surface area contributed by atoms with Crippen molar-refractivity contribution in [1.82, 2.24) is 0 Å². The van der Waals surface area contributed by atoms with Crippen molar-refractivity contribution in [2.24, 2.45) is 11.8 Å². The fourth-order valence-electron chi connectivity index (χ4n) is 9.23. The van der Waals surface area contributed by atoms with E-state index in [2.05, 4.69) is 34.6 Å². The molecule has 0 bridgehead atoms. The predicted molar refractivity (Wildman–Crippen MR) is 284 cm³/mol. The number of ether oxygens (including phenoxy) is 3. The van der Waals surface area contributed by atoms with E-state index in [9.17, 15) is 14.4 Å². The first-order valence-corrected chi connectivity index (χ1v) is 29.7. The van der Waals surface area contributed by atoms with Gasteiger partial charge in [-0.1, -0.05) is 298 Å². The fourth-order valence-corrected chi connectivity index (χ4v) is 9.23. The van der Waals surface area contributed by atoms with Crippen LogP contribution in [0.4, 0.5) is 0 Å². The number of hydrogen-bond donors (Lipinski definition) is 0. The highest BCUT2D eigenvalue weighted by molar-refractivity contribution is 5.71. The van der Waals surface area contributed by atoms with Crippen LogP contribution >= 0.6 is 0 Å². The van der Waals surface area contributed by atoms with Gasteiger partial charge in [0.2, 0.25) is 0 Å². The van der Waals surface area contributed by atoms with Crippen molar-refractivity contribution in [3.05, 3.63) is 0 Å². The summed E-state index contributed by atoms with van der Waals surface area (Å²) >= 11 is 0. The Balaban J connectivity index is 4.29. The molecule has 0 aliphatic heterocycles. The van der Waals surface area contributed by atoms with Gasteiger partial charge in [0.15, 0.2) is 6.10 Å². The molecule has 66 heavy (non-hydrogen) atoms. The highest BCUT2D eigenvalue weighted by atomic mass is 16.6. The minimum absolute atomic E-state index is 0.0624. The summed E-state index contributed by atoms with van der Waals surface area (Å²) in [4.78, 5) is 38.2. The molecule has 1 atom stereocenters. The first-order chi connectivity index (χ1) is 32.2. The summed E-state index contributed by atoms with van der Waals surface area (Å²) in [6.45, 7) is 11.4. The third-order valence-corrected chi connectivity index (χ3v) is 13.7. The average Bonchev–Trinajstić information content (AvgIpc) is 3.29. The molecule has 0 radical (unpaired) electrons. The highest BCUT2D eigenvalue weighted by Crippen LogP contribution is 2.18. The summed E-state index contributed by atoms with van der Waals surface area (Å²) in [5.41, 5.74) is 0. The Morgan fingerprint density at radius 3 is 0.742 bits per heavy atom. The van der Waals surface area contributed by atoms with Gasteiger partial charge >= 0.3 is 17.9 Å². The third-order valence-electron chi connectivity index (χ3n) is 13.7. The average molecular weight is 934 g/mol. The maximum atomic E-state index is 12.9. The van der Waals surface area contributed by atoms with E-state index in [1.807, 2.05) is 0 Å². The second-order valence-electron chi connectivity index (χ2n) is 21.6. The largest absolute Gasteiger partial charge is 0.462 e. The predicted octanol–water partition coefficient (Wildman–Crippen LogP) is 19.7. The molecule has 0 N–H and O–H groups in total. The number of rotatable bonds is 54. The van der Waals surface area contributed by atoms with Crippen LogP contribution in [0.3, 0.4) is 0 Å². The molecule has 6 heteroatoms. The van der Waals surface area contributed by atoms with Crippen molar-refractivity contribution >= 4 is 17.9 Å². The van der Waals surface area contributed by atoms with Crippen molar-refractivity contribution in [2.45, 2.75) is 343 Å². The van der Waals surface area contributed by atoms with E-state index in [0.717, 1.165) is 69.6 Å². The molecular formula is C60H116O6. The minimum Gasteiger partial charge on any atom is -0.462 e. The van der Waals surface area contributed by atoms with Gasteiger partial charge in [-0.3, -0.25) is 14.4 Å². The molecular weight excluding hydrogens is 817 g/mol. The van der Waals surface area contributed by atoms with E-state index in [4.69, 9.17) is 14.2 Å². The van der Waals surface area contributed by atoms with Gasteiger partial charge in [-0.25, -0.2) is 0 Å². The maximum absolute atomic E-state index is 12.9. The molecule has 0 saturated carbocycles. The van der Waals surface area contributed by atoms with Gasteiger partial charge < -0.3 is 14.2 Å². The number of unbranched alkanes of at least 4 members (excludes halogenated alkanes) is 39. The minimum atomic E-state index is -0.763. The van der Waals surface area contributed by atoms with Gasteiger partial charge in [0.1, 0.15) is 13.2 Å². The fraction of sp³-hybridized carbons (Fsp3) is 0.950. The van der Waals surface area contributed by atoms with Gasteiger partial charge in [-0.2, -0.15) is 0 Å². The van der Waals surface area contributed by atoms with Crippen LogP contribution in [-0.2, 0) is 28.6 Å². The molecule has 0 aliphatic rings. The molecule has 0 unspecified atom stereocenters. The second kappa shape index (κ2) is 52.8. The SMILES string of the molecule is CCCCCCCCCCCCCCCCCCC(=O)O[C@@H](COC(=O)CCCCCCCCCCCCCCCCCC(C)C)COC(=O)CCCCCCCCCCCCCC(C)C. The zero-order valence-corrected chi connectivity index (χ0v) is 45.3.